The van der Waals surface area contributed by atoms with E-state index in [2.05, 4.69) is 30.9 Å². The molecule has 0 bridgehead atoms. The molecule has 5 heteroatoms. The van der Waals surface area contributed by atoms with E-state index in [0.29, 0.717) is 21.7 Å². The van der Waals surface area contributed by atoms with Crippen LogP contribution in [0.2, 0.25) is 0 Å². The number of aromatic nitrogens is 3. The van der Waals surface area contributed by atoms with Crippen LogP contribution < -0.4 is 5.56 Å². The first-order valence-corrected chi connectivity index (χ1v) is 6.56. The van der Waals surface area contributed by atoms with Gasteiger partial charge in [0.1, 0.15) is 10.2 Å². The Morgan fingerprint density at radius 3 is 2.79 bits per heavy atom. The van der Waals surface area contributed by atoms with Gasteiger partial charge < -0.3 is 4.98 Å². The minimum atomic E-state index is -0.197. The van der Waals surface area contributed by atoms with Gasteiger partial charge in [0.2, 0.25) is 0 Å². The molecule has 2 heterocycles. The number of hydrogen-bond acceptors (Lipinski definition) is 3. The largest absolute Gasteiger partial charge is 0.304 e. The van der Waals surface area contributed by atoms with Crippen LogP contribution in [-0.2, 0) is 0 Å². The molecule has 94 valence electrons. The maximum Gasteiger partial charge on any atom is 0.265 e. The second-order valence-corrected chi connectivity index (χ2v) is 4.99. The van der Waals surface area contributed by atoms with Crippen LogP contribution in [0.4, 0.5) is 0 Å². The van der Waals surface area contributed by atoms with E-state index < -0.39 is 0 Å². The van der Waals surface area contributed by atoms with Gasteiger partial charge >= 0.3 is 0 Å². The zero-order valence-corrected chi connectivity index (χ0v) is 11.7. The number of nitrogens with zero attached hydrogens (tertiary/aromatic N) is 2. The highest BCUT2D eigenvalue weighted by Gasteiger charge is 2.10. The Morgan fingerprint density at radius 1 is 1.21 bits per heavy atom. The van der Waals surface area contributed by atoms with E-state index in [4.69, 9.17) is 0 Å². The predicted octanol–water partition coefficient (Wildman–Crippen LogP) is 3.06. The minimum Gasteiger partial charge on any atom is -0.304 e. The lowest BCUT2D eigenvalue weighted by Gasteiger charge is -2.06. The van der Waals surface area contributed by atoms with Crippen molar-refractivity contribution in [2.75, 3.05) is 0 Å². The number of rotatable bonds is 1. The van der Waals surface area contributed by atoms with Crippen LogP contribution in [0, 0.1) is 6.92 Å². The van der Waals surface area contributed by atoms with Crippen LogP contribution in [0.25, 0.3) is 22.3 Å². The molecule has 0 amide bonds. The highest BCUT2D eigenvalue weighted by molar-refractivity contribution is 9.10. The predicted molar refractivity (Wildman–Crippen MR) is 78.0 cm³/mol. The minimum absolute atomic E-state index is 0.197. The maximum absolute atomic E-state index is 11.8. The van der Waals surface area contributed by atoms with E-state index in [1.54, 1.807) is 13.1 Å². The summed E-state index contributed by atoms with van der Waals surface area (Å²) in [4.78, 5) is 23.3. The third-order valence-electron chi connectivity index (χ3n) is 2.93. The van der Waals surface area contributed by atoms with Gasteiger partial charge in [-0.15, -0.1) is 0 Å². The van der Waals surface area contributed by atoms with Gasteiger partial charge in [-0.2, -0.15) is 0 Å². The van der Waals surface area contributed by atoms with Gasteiger partial charge in [-0.25, -0.2) is 4.98 Å². The monoisotopic (exact) mass is 315 g/mol. The summed E-state index contributed by atoms with van der Waals surface area (Å²) >= 11 is 3.21. The average molecular weight is 316 g/mol. The average Bonchev–Trinajstić information content (AvgIpc) is 2.43. The number of pyridine rings is 1. The van der Waals surface area contributed by atoms with Crippen molar-refractivity contribution in [3.8, 4) is 11.5 Å². The summed E-state index contributed by atoms with van der Waals surface area (Å²) < 4.78 is 0.455. The SMILES string of the molecule is Cc1nc(-c2nccc3ccccc23)[nH]c(=O)c1Br. The maximum atomic E-state index is 11.8. The Balaban J connectivity index is 2.34. The Hall–Kier alpha value is -2.01. The van der Waals surface area contributed by atoms with Crippen molar-refractivity contribution in [1.29, 1.82) is 0 Å². The molecule has 0 spiro atoms. The summed E-state index contributed by atoms with van der Waals surface area (Å²) in [6.45, 7) is 1.79. The van der Waals surface area contributed by atoms with Gasteiger partial charge in [-0.1, -0.05) is 24.3 Å². The molecule has 0 aliphatic heterocycles. The smallest absolute Gasteiger partial charge is 0.265 e. The molecule has 1 N–H and O–H groups in total. The van der Waals surface area contributed by atoms with Crippen LogP contribution in [0.1, 0.15) is 5.69 Å². The number of fused-ring (bicyclic) bond motifs is 1. The molecule has 19 heavy (non-hydrogen) atoms. The standard InChI is InChI=1S/C14H10BrN3O/c1-8-11(15)14(19)18-13(17-8)12-10-5-3-2-4-9(10)6-7-16-12/h2-7H,1H3,(H,17,18,19). The Labute approximate surface area is 117 Å². The fourth-order valence-corrected chi connectivity index (χ4v) is 2.18. The lowest BCUT2D eigenvalue weighted by atomic mass is 10.1. The van der Waals surface area contributed by atoms with Gasteiger partial charge in [-0.05, 0) is 34.3 Å². The van der Waals surface area contributed by atoms with Crippen LogP contribution in [-0.4, -0.2) is 15.0 Å². The molecule has 3 rings (SSSR count). The molecule has 0 saturated carbocycles. The third-order valence-corrected chi connectivity index (χ3v) is 3.86. The quantitative estimate of drug-likeness (QED) is 0.750. The number of halogens is 1. The van der Waals surface area contributed by atoms with Crippen molar-refractivity contribution in [1.82, 2.24) is 15.0 Å². The molecule has 0 radical (unpaired) electrons. The Kier molecular flexibility index (Phi) is 2.91. The lowest BCUT2D eigenvalue weighted by molar-refractivity contribution is 1.04. The number of benzene rings is 1. The van der Waals surface area contributed by atoms with E-state index in [-0.39, 0.29) is 5.56 Å². The molecule has 4 nitrogen and oxygen atoms in total. The molecule has 0 aliphatic rings. The van der Waals surface area contributed by atoms with Gasteiger partial charge in [0.25, 0.3) is 5.56 Å². The molecular formula is C14H10BrN3O. The summed E-state index contributed by atoms with van der Waals surface area (Å²) in [6.07, 6.45) is 1.72. The summed E-state index contributed by atoms with van der Waals surface area (Å²) in [5.74, 6) is 0.488. The van der Waals surface area contributed by atoms with Crippen molar-refractivity contribution >= 4 is 26.7 Å². The first-order chi connectivity index (χ1) is 9.16. The van der Waals surface area contributed by atoms with Crippen LogP contribution >= 0.6 is 15.9 Å². The number of aromatic amines is 1. The van der Waals surface area contributed by atoms with E-state index in [1.807, 2.05) is 30.3 Å². The molecule has 1 aromatic carbocycles. The second kappa shape index (κ2) is 4.59. The highest BCUT2D eigenvalue weighted by atomic mass is 79.9. The molecule has 2 aromatic heterocycles. The number of aryl methyl sites for hydroxylation is 1. The fourth-order valence-electron chi connectivity index (χ4n) is 1.99. The molecule has 0 aliphatic carbocycles. The van der Waals surface area contributed by atoms with Crippen molar-refractivity contribution in [2.45, 2.75) is 6.92 Å². The van der Waals surface area contributed by atoms with Gasteiger partial charge in [0.15, 0.2) is 5.82 Å². The summed E-state index contributed by atoms with van der Waals surface area (Å²) in [5, 5.41) is 2.03. The zero-order valence-electron chi connectivity index (χ0n) is 10.1. The second-order valence-electron chi connectivity index (χ2n) is 4.19. The van der Waals surface area contributed by atoms with Crippen LogP contribution in [0.3, 0.4) is 0 Å². The third kappa shape index (κ3) is 2.06. The van der Waals surface area contributed by atoms with E-state index in [0.717, 1.165) is 10.8 Å². The van der Waals surface area contributed by atoms with Crippen molar-refractivity contribution in [2.24, 2.45) is 0 Å². The molecule has 0 fully saturated rings. The summed E-state index contributed by atoms with van der Waals surface area (Å²) in [6, 6.07) is 9.81. The summed E-state index contributed by atoms with van der Waals surface area (Å²) in [5.41, 5.74) is 1.14. The van der Waals surface area contributed by atoms with Crippen molar-refractivity contribution in [3.63, 3.8) is 0 Å². The van der Waals surface area contributed by atoms with Crippen LogP contribution in [0.15, 0.2) is 45.8 Å². The number of hydrogen-bond donors (Lipinski definition) is 1. The molecule has 0 unspecified atom stereocenters. The van der Waals surface area contributed by atoms with Gasteiger partial charge in [0.05, 0.1) is 5.69 Å². The van der Waals surface area contributed by atoms with Crippen molar-refractivity contribution < 1.29 is 0 Å². The molecule has 3 aromatic rings. The lowest BCUT2D eigenvalue weighted by Crippen LogP contribution is -2.12. The van der Waals surface area contributed by atoms with Crippen molar-refractivity contribution in [3.05, 3.63) is 57.0 Å². The first-order valence-electron chi connectivity index (χ1n) is 5.77. The van der Waals surface area contributed by atoms with E-state index >= 15 is 0 Å². The van der Waals surface area contributed by atoms with Gasteiger partial charge in [0, 0.05) is 11.6 Å². The fraction of sp³-hybridized carbons (Fsp3) is 0.0714. The normalized spacial score (nSPS) is 10.8. The molecule has 0 atom stereocenters. The Morgan fingerprint density at radius 2 is 2.00 bits per heavy atom. The Bertz CT molecular complexity index is 821. The number of H-pyrrole nitrogens is 1. The summed E-state index contributed by atoms with van der Waals surface area (Å²) in [7, 11) is 0. The molecule has 0 saturated heterocycles. The zero-order chi connectivity index (χ0) is 13.4. The number of nitrogens with one attached hydrogen (secondary N) is 1. The topological polar surface area (TPSA) is 58.6 Å². The van der Waals surface area contributed by atoms with E-state index in [9.17, 15) is 4.79 Å². The highest BCUT2D eigenvalue weighted by Crippen LogP contribution is 2.23. The first kappa shape index (κ1) is 12.0. The van der Waals surface area contributed by atoms with Gasteiger partial charge in [-0.3, -0.25) is 9.78 Å². The van der Waals surface area contributed by atoms with Crippen LogP contribution in [0.5, 0.6) is 0 Å². The van der Waals surface area contributed by atoms with E-state index in [1.165, 1.54) is 0 Å². The molecular weight excluding hydrogens is 306 g/mol.